The van der Waals surface area contributed by atoms with Gasteiger partial charge < -0.3 is 14.8 Å². The molecule has 4 heteroatoms. The zero-order valence-electron chi connectivity index (χ0n) is 6.63. The normalized spacial score (nSPS) is 23.0. The van der Waals surface area contributed by atoms with E-state index in [4.69, 9.17) is 9.47 Å². The number of rotatable bonds is 4. The summed E-state index contributed by atoms with van der Waals surface area (Å²) in [5.41, 5.74) is 0. The molecular weight excluding hydrogens is 146 g/mol. The van der Waals surface area contributed by atoms with Crippen LogP contribution in [0.5, 0.6) is 0 Å². The van der Waals surface area contributed by atoms with Crippen LogP contribution in [0.15, 0.2) is 0 Å². The number of amides is 1. The van der Waals surface area contributed by atoms with Crippen molar-refractivity contribution in [2.45, 2.75) is 19.4 Å². The second-order valence-electron chi connectivity index (χ2n) is 2.48. The first-order chi connectivity index (χ1) is 5.33. The maximum absolute atomic E-state index is 10.5. The third kappa shape index (κ3) is 2.76. The third-order valence-electron chi connectivity index (χ3n) is 1.40. The minimum absolute atomic E-state index is 0.0888. The Hall–Kier alpha value is -0.770. The number of nitrogens with one attached hydrogen (secondary N) is 1. The van der Waals surface area contributed by atoms with Gasteiger partial charge in [0.05, 0.1) is 13.2 Å². The minimum atomic E-state index is -0.338. The topological polar surface area (TPSA) is 47.6 Å². The van der Waals surface area contributed by atoms with Crippen LogP contribution in [0.3, 0.4) is 0 Å². The summed E-state index contributed by atoms with van der Waals surface area (Å²) in [6, 6.07) is 0. The molecule has 11 heavy (non-hydrogen) atoms. The molecule has 1 amide bonds. The van der Waals surface area contributed by atoms with Crippen LogP contribution in [0.25, 0.3) is 0 Å². The molecular formula is C7H13NO3. The average molecular weight is 159 g/mol. The Bertz CT molecular complexity index is 138. The van der Waals surface area contributed by atoms with Crippen molar-refractivity contribution in [1.82, 2.24) is 5.32 Å². The number of hydrogen-bond donors (Lipinski definition) is 1. The Morgan fingerprint density at radius 1 is 1.82 bits per heavy atom. The van der Waals surface area contributed by atoms with E-state index in [0.29, 0.717) is 13.2 Å². The number of carbonyl (C=O) groups is 1. The van der Waals surface area contributed by atoms with Crippen molar-refractivity contribution >= 4 is 6.09 Å². The highest BCUT2D eigenvalue weighted by molar-refractivity contribution is 5.69. The van der Waals surface area contributed by atoms with Gasteiger partial charge in [0.1, 0.15) is 6.10 Å². The number of hydrogen-bond acceptors (Lipinski definition) is 3. The first kappa shape index (κ1) is 8.33. The van der Waals surface area contributed by atoms with Gasteiger partial charge in [-0.1, -0.05) is 6.92 Å². The maximum Gasteiger partial charge on any atom is 0.407 e. The lowest BCUT2D eigenvalue weighted by atomic mass is 10.4. The number of carbonyl (C=O) groups excluding carboxylic acids is 1. The monoisotopic (exact) mass is 159 g/mol. The summed E-state index contributed by atoms with van der Waals surface area (Å²) < 4.78 is 10.0. The summed E-state index contributed by atoms with van der Waals surface area (Å²) in [4.78, 5) is 10.5. The SMILES string of the molecule is CCCOCC1CNC(=O)O1. The molecule has 1 aliphatic heterocycles. The largest absolute Gasteiger partial charge is 0.442 e. The number of alkyl carbamates (subject to hydrolysis) is 1. The zero-order chi connectivity index (χ0) is 8.10. The van der Waals surface area contributed by atoms with Gasteiger partial charge in [0.25, 0.3) is 0 Å². The van der Waals surface area contributed by atoms with Crippen LogP contribution >= 0.6 is 0 Å². The lowest BCUT2D eigenvalue weighted by Gasteiger charge is -2.06. The number of ether oxygens (including phenoxy) is 2. The molecule has 1 atom stereocenters. The van der Waals surface area contributed by atoms with Gasteiger partial charge in [-0.05, 0) is 6.42 Å². The fourth-order valence-corrected chi connectivity index (χ4v) is 0.884. The van der Waals surface area contributed by atoms with Gasteiger partial charge >= 0.3 is 6.09 Å². The molecule has 1 fully saturated rings. The molecule has 4 nitrogen and oxygen atoms in total. The molecule has 0 aromatic rings. The van der Waals surface area contributed by atoms with Gasteiger partial charge in [-0.3, -0.25) is 0 Å². The predicted octanol–water partition coefficient (Wildman–Crippen LogP) is 0.521. The first-order valence-electron chi connectivity index (χ1n) is 3.85. The quantitative estimate of drug-likeness (QED) is 0.608. The van der Waals surface area contributed by atoms with Gasteiger partial charge in [0.2, 0.25) is 0 Å². The van der Waals surface area contributed by atoms with E-state index in [-0.39, 0.29) is 12.2 Å². The fraction of sp³-hybridized carbons (Fsp3) is 0.857. The molecule has 1 saturated heterocycles. The lowest BCUT2D eigenvalue weighted by Crippen LogP contribution is -2.20. The van der Waals surface area contributed by atoms with Crippen LogP contribution in [0.2, 0.25) is 0 Å². The smallest absolute Gasteiger partial charge is 0.407 e. The molecule has 0 aromatic heterocycles. The van der Waals surface area contributed by atoms with Crippen LogP contribution in [0.4, 0.5) is 4.79 Å². The van der Waals surface area contributed by atoms with Crippen molar-refractivity contribution in [2.24, 2.45) is 0 Å². The molecule has 1 rings (SSSR count). The molecule has 0 radical (unpaired) electrons. The molecule has 1 unspecified atom stereocenters. The molecule has 1 aliphatic rings. The summed E-state index contributed by atoms with van der Waals surface area (Å²) in [5, 5.41) is 2.56. The predicted molar refractivity (Wildman–Crippen MR) is 39.4 cm³/mol. The van der Waals surface area contributed by atoms with Crippen LogP contribution < -0.4 is 5.32 Å². The summed E-state index contributed by atoms with van der Waals surface area (Å²) >= 11 is 0. The highest BCUT2D eigenvalue weighted by Gasteiger charge is 2.21. The van der Waals surface area contributed by atoms with Crippen LogP contribution in [-0.4, -0.2) is 32.0 Å². The average Bonchev–Trinajstić information content (AvgIpc) is 2.37. The summed E-state index contributed by atoms with van der Waals surface area (Å²) in [5.74, 6) is 0. The van der Waals surface area contributed by atoms with Gasteiger partial charge in [-0.15, -0.1) is 0 Å². The van der Waals surface area contributed by atoms with E-state index in [2.05, 4.69) is 5.32 Å². The minimum Gasteiger partial charge on any atom is -0.442 e. The molecule has 0 aliphatic carbocycles. The Morgan fingerprint density at radius 2 is 2.64 bits per heavy atom. The maximum atomic E-state index is 10.5. The highest BCUT2D eigenvalue weighted by Crippen LogP contribution is 2.00. The summed E-state index contributed by atoms with van der Waals surface area (Å²) in [6.07, 6.45) is 0.567. The Labute approximate surface area is 65.9 Å². The molecule has 64 valence electrons. The lowest BCUT2D eigenvalue weighted by molar-refractivity contribution is 0.0463. The van der Waals surface area contributed by atoms with Crippen molar-refractivity contribution < 1.29 is 14.3 Å². The van der Waals surface area contributed by atoms with Gasteiger partial charge in [0.15, 0.2) is 0 Å². The molecule has 0 spiro atoms. The Kier molecular flexibility index (Phi) is 3.16. The Balaban J connectivity index is 2.04. The van der Waals surface area contributed by atoms with Gasteiger partial charge in [-0.2, -0.15) is 0 Å². The van der Waals surface area contributed by atoms with Crippen molar-refractivity contribution in [3.05, 3.63) is 0 Å². The molecule has 0 saturated carbocycles. The van der Waals surface area contributed by atoms with E-state index in [1.807, 2.05) is 6.92 Å². The second-order valence-corrected chi connectivity index (χ2v) is 2.48. The van der Waals surface area contributed by atoms with Crippen molar-refractivity contribution in [3.63, 3.8) is 0 Å². The molecule has 1 heterocycles. The zero-order valence-corrected chi connectivity index (χ0v) is 6.63. The van der Waals surface area contributed by atoms with Gasteiger partial charge in [-0.25, -0.2) is 4.79 Å². The second kappa shape index (κ2) is 4.18. The van der Waals surface area contributed by atoms with Crippen LogP contribution in [-0.2, 0) is 9.47 Å². The Morgan fingerprint density at radius 3 is 3.18 bits per heavy atom. The standard InChI is InChI=1S/C7H13NO3/c1-2-3-10-5-6-4-8-7(9)11-6/h6H,2-5H2,1H3,(H,8,9). The van der Waals surface area contributed by atoms with Crippen molar-refractivity contribution in [3.8, 4) is 0 Å². The van der Waals surface area contributed by atoms with Crippen molar-refractivity contribution in [1.29, 1.82) is 0 Å². The van der Waals surface area contributed by atoms with E-state index in [9.17, 15) is 4.79 Å². The van der Waals surface area contributed by atoms with E-state index < -0.39 is 0 Å². The first-order valence-corrected chi connectivity index (χ1v) is 3.85. The van der Waals surface area contributed by atoms with E-state index in [1.54, 1.807) is 0 Å². The van der Waals surface area contributed by atoms with Crippen molar-refractivity contribution in [2.75, 3.05) is 19.8 Å². The van der Waals surface area contributed by atoms with E-state index in [1.165, 1.54) is 0 Å². The summed E-state index contributed by atoms with van der Waals surface area (Å²) in [6.45, 7) is 3.85. The molecule has 1 N–H and O–H groups in total. The van der Waals surface area contributed by atoms with Crippen LogP contribution in [0, 0.1) is 0 Å². The molecule has 0 bridgehead atoms. The van der Waals surface area contributed by atoms with E-state index >= 15 is 0 Å². The molecule has 0 aromatic carbocycles. The van der Waals surface area contributed by atoms with E-state index in [0.717, 1.165) is 13.0 Å². The summed E-state index contributed by atoms with van der Waals surface area (Å²) in [7, 11) is 0. The van der Waals surface area contributed by atoms with Gasteiger partial charge in [0, 0.05) is 6.61 Å². The third-order valence-corrected chi connectivity index (χ3v) is 1.40. The fourth-order valence-electron chi connectivity index (χ4n) is 0.884. The van der Waals surface area contributed by atoms with Crippen LogP contribution in [0.1, 0.15) is 13.3 Å². The number of cyclic esters (lactones) is 1. The highest BCUT2D eigenvalue weighted by atomic mass is 16.6.